The molecule has 5 heteroatoms. The van der Waals surface area contributed by atoms with Gasteiger partial charge in [0, 0.05) is 0 Å². The Morgan fingerprint density at radius 2 is 1.75 bits per heavy atom. The lowest BCUT2D eigenvalue weighted by atomic mass is 10.1. The molecule has 0 aliphatic heterocycles. The van der Waals surface area contributed by atoms with Gasteiger partial charge in [0.15, 0.2) is 6.10 Å². The van der Waals surface area contributed by atoms with E-state index < -0.39 is 18.0 Å². The van der Waals surface area contributed by atoms with Crippen LogP contribution in [-0.4, -0.2) is 32.3 Å². The predicted molar refractivity (Wildman–Crippen MR) is 73.7 cm³/mol. The number of unbranched alkanes of at least 4 members (excludes halogenated alkanes) is 1. The lowest BCUT2D eigenvalue weighted by Crippen LogP contribution is -2.28. The van der Waals surface area contributed by atoms with E-state index in [2.05, 4.69) is 4.74 Å². The molecule has 1 aromatic carbocycles. The second-order valence-corrected chi connectivity index (χ2v) is 4.29. The Balaban J connectivity index is 2.72. The van der Waals surface area contributed by atoms with E-state index in [0.717, 1.165) is 12.8 Å². The second kappa shape index (κ2) is 8.19. The SMILES string of the molecule is CCCCC(Oc1ccc(C(=O)OC)cc1)C(=O)OC. The predicted octanol–water partition coefficient (Wildman–Crippen LogP) is 2.58. The first-order chi connectivity index (χ1) is 9.62. The van der Waals surface area contributed by atoms with E-state index in [0.29, 0.717) is 17.7 Å². The molecule has 110 valence electrons. The van der Waals surface area contributed by atoms with E-state index in [1.165, 1.54) is 14.2 Å². The number of ether oxygens (including phenoxy) is 3. The number of esters is 2. The minimum absolute atomic E-state index is 0.393. The van der Waals surface area contributed by atoms with Gasteiger partial charge in [-0.3, -0.25) is 0 Å². The van der Waals surface area contributed by atoms with Crippen molar-refractivity contribution in [3.05, 3.63) is 29.8 Å². The van der Waals surface area contributed by atoms with E-state index in [9.17, 15) is 9.59 Å². The Morgan fingerprint density at radius 3 is 2.25 bits per heavy atom. The van der Waals surface area contributed by atoms with Crippen molar-refractivity contribution in [3.8, 4) is 5.75 Å². The van der Waals surface area contributed by atoms with Gasteiger partial charge in [-0.25, -0.2) is 9.59 Å². The zero-order chi connectivity index (χ0) is 15.0. The van der Waals surface area contributed by atoms with Gasteiger partial charge in [0.1, 0.15) is 5.75 Å². The van der Waals surface area contributed by atoms with Gasteiger partial charge in [-0.2, -0.15) is 0 Å². The molecule has 0 fully saturated rings. The third-order valence-electron chi connectivity index (χ3n) is 2.84. The molecule has 1 atom stereocenters. The van der Waals surface area contributed by atoms with Crippen LogP contribution in [0.1, 0.15) is 36.5 Å². The molecule has 0 aliphatic rings. The molecule has 0 N–H and O–H groups in total. The molecule has 0 heterocycles. The summed E-state index contributed by atoms with van der Waals surface area (Å²) in [6.07, 6.45) is 1.82. The third kappa shape index (κ3) is 4.57. The molecule has 0 spiro atoms. The van der Waals surface area contributed by atoms with Gasteiger partial charge in [-0.15, -0.1) is 0 Å². The number of hydrogen-bond acceptors (Lipinski definition) is 5. The molecule has 1 rings (SSSR count). The van der Waals surface area contributed by atoms with Gasteiger partial charge < -0.3 is 14.2 Å². The maximum Gasteiger partial charge on any atom is 0.347 e. The van der Waals surface area contributed by atoms with Crippen molar-refractivity contribution in [1.82, 2.24) is 0 Å². The van der Waals surface area contributed by atoms with Crippen LogP contribution in [0.4, 0.5) is 0 Å². The molecule has 1 unspecified atom stereocenters. The van der Waals surface area contributed by atoms with Crippen molar-refractivity contribution in [2.45, 2.75) is 32.3 Å². The van der Waals surface area contributed by atoms with Crippen molar-refractivity contribution >= 4 is 11.9 Å². The quantitative estimate of drug-likeness (QED) is 0.718. The summed E-state index contributed by atoms with van der Waals surface area (Å²) < 4.78 is 14.9. The van der Waals surface area contributed by atoms with Gasteiger partial charge in [-0.1, -0.05) is 13.3 Å². The zero-order valence-electron chi connectivity index (χ0n) is 12.0. The Labute approximate surface area is 118 Å². The van der Waals surface area contributed by atoms with Crippen LogP contribution in [0, 0.1) is 0 Å². The first-order valence-corrected chi connectivity index (χ1v) is 6.55. The van der Waals surface area contributed by atoms with E-state index in [4.69, 9.17) is 9.47 Å². The van der Waals surface area contributed by atoms with Crippen LogP contribution < -0.4 is 4.74 Å². The third-order valence-corrected chi connectivity index (χ3v) is 2.84. The largest absolute Gasteiger partial charge is 0.479 e. The summed E-state index contributed by atoms with van der Waals surface area (Å²) in [5.41, 5.74) is 0.433. The number of rotatable bonds is 7. The lowest BCUT2D eigenvalue weighted by molar-refractivity contribution is -0.149. The molecule has 0 saturated heterocycles. The second-order valence-electron chi connectivity index (χ2n) is 4.29. The number of hydrogen-bond donors (Lipinski definition) is 0. The molecule has 0 aliphatic carbocycles. The molecule has 0 aromatic heterocycles. The van der Waals surface area contributed by atoms with Crippen molar-refractivity contribution in [1.29, 1.82) is 0 Å². The number of carbonyl (C=O) groups is 2. The summed E-state index contributed by atoms with van der Waals surface area (Å²) in [5.74, 6) is -0.285. The molecule has 1 aromatic rings. The Bertz CT molecular complexity index is 438. The van der Waals surface area contributed by atoms with Gasteiger partial charge in [0.05, 0.1) is 19.8 Å². The highest BCUT2D eigenvalue weighted by Crippen LogP contribution is 2.17. The van der Waals surface area contributed by atoms with Crippen LogP contribution in [0.25, 0.3) is 0 Å². The topological polar surface area (TPSA) is 61.8 Å². The van der Waals surface area contributed by atoms with Crippen LogP contribution in [0.5, 0.6) is 5.75 Å². The molecular formula is C15H20O5. The highest BCUT2D eigenvalue weighted by atomic mass is 16.6. The molecule has 20 heavy (non-hydrogen) atoms. The maximum absolute atomic E-state index is 11.6. The van der Waals surface area contributed by atoms with Crippen molar-refractivity contribution in [2.24, 2.45) is 0 Å². The summed E-state index contributed by atoms with van der Waals surface area (Å²) >= 11 is 0. The zero-order valence-corrected chi connectivity index (χ0v) is 12.0. The minimum atomic E-state index is -0.621. The number of carbonyl (C=O) groups excluding carboxylic acids is 2. The van der Waals surface area contributed by atoms with Crippen molar-refractivity contribution < 1.29 is 23.8 Å². The van der Waals surface area contributed by atoms with Gasteiger partial charge in [0.25, 0.3) is 0 Å². The Kier molecular flexibility index (Phi) is 6.56. The van der Waals surface area contributed by atoms with Crippen molar-refractivity contribution in [2.75, 3.05) is 14.2 Å². The van der Waals surface area contributed by atoms with E-state index >= 15 is 0 Å². The fourth-order valence-corrected chi connectivity index (χ4v) is 1.70. The van der Waals surface area contributed by atoms with Gasteiger partial charge in [0.2, 0.25) is 0 Å². The fourth-order valence-electron chi connectivity index (χ4n) is 1.70. The van der Waals surface area contributed by atoms with Crippen LogP contribution in [0.3, 0.4) is 0 Å². The first kappa shape index (κ1) is 16.0. The van der Waals surface area contributed by atoms with Gasteiger partial charge >= 0.3 is 11.9 Å². The van der Waals surface area contributed by atoms with Gasteiger partial charge in [-0.05, 0) is 37.1 Å². The Hall–Kier alpha value is -2.04. The van der Waals surface area contributed by atoms with E-state index in [-0.39, 0.29) is 0 Å². The number of benzene rings is 1. The van der Waals surface area contributed by atoms with Crippen LogP contribution in [0.2, 0.25) is 0 Å². The van der Waals surface area contributed by atoms with Crippen LogP contribution >= 0.6 is 0 Å². The fraction of sp³-hybridized carbons (Fsp3) is 0.467. The Morgan fingerprint density at radius 1 is 1.10 bits per heavy atom. The summed E-state index contributed by atoms with van der Waals surface area (Å²) in [4.78, 5) is 22.9. The van der Waals surface area contributed by atoms with Crippen LogP contribution in [-0.2, 0) is 14.3 Å². The lowest BCUT2D eigenvalue weighted by Gasteiger charge is -2.16. The first-order valence-electron chi connectivity index (χ1n) is 6.55. The standard InChI is InChI=1S/C15H20O5/c1-4-5-6-13(15(17)19-3)20-12-9-7-11(8-10-12)14(16)18-2/h7-10,13H,4-6H2,1-3H3. The average Bonchev–Trinajstić information content (AvgIpc) is 2.50. The monoisotopic (exact) mass is 280 g/mol. The van der Waals surface area contributed by atoms with E-state index in [1.54, 1.807) is 24.3 Å². The molecular weight excluding hydrogens is 260 g/mol. The molecule has 0 bridgehead atoms. The highest BCUT2D eigenvalue weighted by Gasteiger charge is 2.20. The van der Waals surface area contributed by atoms with E-state index in [1.807, 2.05) is 6.92 Å². The molecule has 0 saturated carbocycles. The maximum atomic E-state index is 11.6. The highest BCUT2D eigenvalue weighted by molar-refractivity contribution is 5.89. The summed E-state index contributed by atoms with van der Waals surface area (Å²) in [7, 11) is 2.66. The molecule has 5 nitrogen and oxygen atoms in total. The smallest absolute Gasteiger partial charge is 0.347 e. The summed E-state index contributed by atoms with van der Waals surface area (Å²) in [6, 6.07) is 6.45. The summed E-state index contributed by atoms with van der Waals surface area (Å²) in [6.45, 7) is 2.04. The average molecular weight is 280 g/mol. The summed E-state index contributed by atoms with van der Waals surface area (Å²) in [5, 5.41) is 0. The number of methoxy groups -OCH3 is 2. The molecule has 0 radical (unpaired) electrons. The molecule has 0 amide bonds. The van der Waals surface area contributed by atoms with Crippen molar-refractivity contribution in [3.63, 3.8) is 0 Å². The normalized spacial score (nSPS) is 11.6. The van der Waals surface area contributed by atoms with Crippen LogP contribution in [0.15, 0.2) is 24.3 Å². The minimum Gasteiger partial charge on any atom is -0.479 e.